The van der Waals surface area contributed by atoms with Crippen molar-refractivity contribution < 1.29 is 22.0 Å². The lowest BCUT2D eigenvalue weighted by Crippen LogP contribution is -2.33. The summed E-state index contributed by atoms with van der Waals surface area (Å²) >= 11 is 0. The molecule has 0 spiro atoms. The largest absolute Gasteiger partial charge is 0.358 e. The lowest BCUT2D eigenvalue weighted by atomic mass is 10.2. The number of aromatic nitrogens is 1. The summed E-state index contributed by atoms with van der Waals surface area (Å²) in [5, 5.41) is 4.91. The maximum absolute atomic E-state index is 13.5. The molecule has 1 heterocycles. The number of aromatic amines is 1. The highest BCUT2D eigenvalue weighted by Crippen LogP contribution is 2.27. The SMILES string of the molecule is Cc1[nH]c2ccccc2c1S(=O)(=O)CCNC(=O)Nc1c(F)cccc1F. The monoisotopic (exact) mass is 393 g/mol. The molecule has 0 unspecified atom stereocenters. The van der Waals surface area contributed by atoms with E-state index in [0.717, 1.165) is 12.1 Å². The number of hydrogen-bond donors (Lipinski definition) is 3. The number of anilines is 1. The second-order valence-electron chi connectivity index (χ2n) is 5.92. The number of para-hydroxylation sites is 2. The van der Waals surface area contributed by atoms with E-state index in [1.54, 1.807) is 31.2 Å². The minimum absolute atomic E-state index is 0.181. The topological polar surface area (TPSA) is 91.1 Å². The molecule has 0 aliphatic heterocycles. The molecule has 0 bridgehead atoms. The Labute approximate surface area is 154 Å². The number of carbonyl (C=O) groups excluding carboxylic acids is 1. The number of hydrogen-bond acceptors (Lipinski definition) is 3. The van der Waals surface area contributed by atoms with Crippen LogP contribution in [0.5, 0.6) is 0 Å². The van der Waals surface area contributed by atoms with Crippen LogP contribution in [-0.4, -0.2) is 31.7 Å². The molecular formula is C18H17F2N3O3S. The van der Waals surface area contributed by atoms with Crippen molar-refractivity contribution in [2.45, 2.75) is 11.8 Å². The summed E-state index contributed by atoms with van der Waals surface area (Å²) in [5.41, 5.74) is 0.619. The normalized spacial score (nSPS) is 11.5. The third kappa shape index (κ3) is 3.92. The highest BCUT2D eigenvalue weighted by atomic mass is 32.2. The first kappa shape index (κ1) is 18.8. The van der Waals surface area contributed by atoms with Crippen molar-refractivity contribution >= 4 is 32.5 Å². The molecule has 6 nitrogen and oxygen atoms in total. The molecule has 9 heteroatoms. The van der Waals surface area contributed by atoms with Crippen LogP contribution in [0, 0.1) is 18.6 Å². The molecule has 27 heavy (non-hydrogen) atoms. The summed E-state index contributed by atoms with van der Waals surface area (Å²) in [6.07, 6.45) is 0. The first-order valence-electron chi connectivity index (χ1n) is 8.08. The van der Waals surface area contributed by atoms with E-state index in [9.17, 15) is 22.0 Å². The number of carbonyl (C=O) groups is 1. The summed E-state index contributed by atoms with van der Waals surface area (Å²) in [5.74, 6) is -2.21. The van der Waals surface area contributed by atoms with Crippen molar-refractivity contribution in [3.05, 3.63) is 59.8 Å². The van der Waals surface area contributed by atoms with Gasteiger partial charge >= 0.3 is 6.03 Å². The average molecular weight is 393 g/mol. The van der Waals surface area contributed by atoms with Gasteiger partial charge in [0.25, 0.3) is 0 Å². The Bertz CT molecular complexity index is 1090. The van der Waals surface area contributed by atoms with Gasteiger partial charge in [0.2, 0.25) is 0 Å². The quantitative estimate of drug-likeness (QED) is 0.621. The van der Waals surface area contributed by atoms with Crippen molar-refractivity contribution in [2.75, 3.05) is 17.6 Å². The lowest BCUT2D eigenvalue weighted by molar-refractivity contribution is 0.252. The molecule has 0 aliphatic rings. The molecule has 3 N–H and O–H groups in total. The zero-order valence-electron chi connectivity index (χ0n) is 14.3. The van der Waals surface area contributed by atoms with Crippen LogP contribution in [0.2, 0.25) is 0 Å². The number of benzene rings is 2. The molecule has 0 fully saturated rings. The van der Waals surface area contributed by atoms with Crippen LogP contribution in [-0.2, 0) is 9.84 Å². The van der Waals surface area contributed by atoms with Crippen LogP contribution >= 0.6 is 0 Å². The Hall–Kier alpha value is -2.94. The number of aryl methyl sites for hydroxylation is 1. The van der Waals surface area contributed by atoms with Crippen LogP contribution in [0.4, 0.5) is 19.3 Å². The molecule has 142 valence electrons. The second kappa shape index (κ2) is 7.36. The van der Waals surface area contributed by atoms with Crippen LogP contribution in [0.25, 0.3) is 10.9 Å². The molecule has 0 aliphatic carbocycles. The third-order valence-corrected chi connectivity index (χ3v) is 5.89. The van der Waals surface area contributed by atoms with Crippen LogP contribution in [0.3, 0.4) is 0 Å². The first-order chi connectivity index (χ1) is 12.8. The Kier molecular flexibility index (Phi) is 5.13. The fourth-order valence-electron chi connectivity index (χ4n) is 2.83. The van der Waals surface area contributed by atoms with Gasteiger partial charge in [-0.1, -0.05) is 24.3 Å². The van der Waals surface area contributed by atoms with E-state index < -0.39 is 33.2 Å². The summed E-state index contributed by atoms with van der Waals surface area (Å²) in [7, 11) is -3.68. The number of sulfone groups is 1. The summed E-state index contributed by atoms with van der Waals surface area (Å²) in [6, 6.07) is 9.29. The zero-order chi connectivity index (χ0) is 19.6. The highest BCUT2D eigenvalue weighted by Gasteiger charge is 2.22. The van der Waals surface area contributed by atoms with Gasteiger partial charge < -0.3 is 15.6 Å². The lowest BCUT2D eigenvalue weighted by Gasteiger charge is -2.10. The van der Waals surface area contributed by atoms with Gasteiger partial charge in [0.15, 0.2) is 9.84 Å². The maximum atomic E-state index is 13.5. The third-order valence-electron chi connectivity index (χ3n) is 4.00. The van der Waals surface area contributed by atoms with Crippen molar-refractivity contribution in [1.82, 2.24) is 10.3 Å². The smallest absolute Gasteiger partial charge is 0.319 e. The van der Waals surface area contributed by atoms with Gasteiger partial charge in [-0.05, 0) is 25.1 Å². The predicted molar refractivity (Wildman–Crippen MR) is 98.5 cm³/mol. The number of amides is 2. The second-order valence-corrected chi connectivity index (χ2v) is 7.97. The molecule has 0 atom stereocenters. The molecule has 0 radical (unpaired) electrons. The van der Waals surface area contributed by atoms with E-state index in [2.05, 4.69) is 10.3 Å². The fraction of sp³-hybridized carbons (Fsp3) is 0.167. The number of H-pyrrole nitrogens is 1. The maximum Gasteiger partial charge on any atom is 0.319 e. The molecule has 3 aromatic rings. The van der Waals surface area contributed by atoms with E-state index in [-0.39, 0.29) is 17.2 Å². The molecule has 2 aromatic carbocycles. The van der Waals surface area contributed by atoms with Gasteiger partial charge in [0.1, 0.15) is 17.3 Å². The standard InChI is InChI=1S/C18H17F2N3O3S/c1-11-17(12-5-2-3-8-15(12)22-11)27(25,26)10-9-21-18(24)23-16-13(19)6-4-7-14(16)20/h2-8,22H,9-10H2,1H3,(H2,21,23,24). The predicted octanol–water partition coefficient (Wildman–Crippen LogP) is 3.35. The number of nitrogens with one attached hydrogen (secondary N) is 3. The van der Waals surface area contributed by atoms with Crippen LogP contribution in [0.15, 0.2) is 47.4 Å². The van der Waals surface area contributed by atoms with Crippen molar-refractivity contribution in [3.8, 4) is 0 Å². The minimum Gasteiger partial charge on any atom is -0.358 e. The Morgan fingerprint density at radius 2 is 1.74 bits per heavy atom. The van der Waals surface area contributed by atoms with Crippen molar-refractivity contribution in [2.24, 2.45) is 0 Å². The van der Waals surface area contributed by atoms with Gasteiger partial charge in [-0.2, -0.15) is 0 Å². The first-order valence-corrected chi connectivity index (χ1v) is 9.74. The summed E-state index contributed by atoms with van der Waals surface area (Å²) < 4.78 is 52.4. The highest BCUT2D eigenvalue weighted by molar-refractivity contribution is 7.91. The molecule has 3 rings (SSSR count). The van der Waals surface area contributed by atoms with Crippen molar-refractivity contribution in [1.29, 1.82) is 0 Å². The number of rotatable bonds is 5. The van der Waals surface area contributed by atoms with Crippen LogP contribution in [0.1, 0.15) is 5.69 Å². The molecule has 1 aromatic heterocycles. The number of fused-ring (bicyclic) bond motifs is 1. The van der Waals surface area contributed by atoms with E-state index in [4.69, 9.17) is 0 Å². The Morgan fingerprint density at radius 3 is 2.44 bits per heavy atom. The van der Waals surface area contributed by atoms with Gasteiger partial charge in [0.05, 0.1) is 10.6 Å². The van der Waals surface area contributed by atoms with E-state index >= 15 is 0 Å². The summed E-state index contributed by atoms with van der Waals surface area (Å²) in [4.78, 5) is 15.0. The minimum atomic E-state index is -3.68. The van der Waals surface area contributed by atoms with E-state index in [1.165, 1.54) is 6.07 Å². The van der Waals surface area contributed by atoms with E-state index in [0.29, 0.717) is 16.6 Å². The number of halogens is 2. The fourth-order valence-corrected chi connectivity index (χ4v) is 4.43. The molecule has 2 amide bonds. The number of urea groups is 1. The summed E-state index contributed by atoms with van der Waals surface area (Å²) in [6.45, 7) is 1.44. The Morgan fingerprint density at radius 1 is 1.07 bits per heavy atom. The van der Waals surface area contributed by atoms with Gasteiger partial charge in [-0.25, -0.2) is 22.0 Å². The van der Waals surface area contributed by atoms with Gasteiger partial charge in [-0.3, -0.25) is 0 Å². The molecular weight excluding hydrogens is 376 g/mol. The Balaban J connectivity index is 1.67. The average Bonchev–Trinajstić information content (AvgIpc) is 2.94. The van der Waals surface area contributed by atoms with Gasteiger partial charge in [0, 0.05) is 23.1 Å². The van der Waals surface area contributed by atoms with Gasteiger partial charge in [-0.15, -0.1) is 0 Å². The van der Waals surface area contributed by atoms with Crippen molar-refractivity contribution in [3.63, 3.8) is 0 Å². The zero-order valence-corrected chi connectivity index (χ0v) is 15.2. The molecule has 0 saturated heterocycles. The van der Waals surface area contributed by atoms with E-state index in [1.807, 2.05) is 5.32 Å². The molecule has 0 saturated carbocycles. The van der Waals surface area contributed by atoms with Crippen LogP contribution < -0.4 is 10.6 Å².